The largest absolute Gasteiger partial charge is 0.342 e. The fraction of sp³-hybridized carbons (Fsp3) is 0.100. The molecule has 0 amide bonds. The molecule has 3 nitrogen and oxygen atoms in total. The van der Waals surface area contributed by atoms with Gasteiger partial charge in [-0.3, -0.25) is 0 Å². The monoisotopic (exact) mass is 333 g/mol. The minimum absolute atomic E-state index is 0.648. The van der Waals surface area contributed by atoms with E-state index in [2.05, 4.69) is 36.7 Å². The third-order valence-corrected chi connectivity index (χ3v) is 4.12. The molecule has 0 aliphatic carbocycles. The van der Waals surface area contributed by atoms with Crippen LogP contribution < -0.4 is 5.32 Å². The van der Waals surface area contributed by atoms with Crippen LogP contribution in [0.3, 0.4) is 0 Å². The normalized spacial score (nSPS) is 10.5. The van der Waals surface area contributed by atoms with E-state index in [0.29, 0.717) is 18.2 Å². The van der Waals surface area contributed by atoms with Gasteiger partial charge in [-0.2, -0.15) is 0 Å². The highest BCUT2D eigenvalue weighted by Crippen LogP contribution is 2.22. The number of anilines is 1. The maximum atomic E-state index is 5.49. The zero-order chi connectivity index (χ0) is 16.9. The lowest BCUT2D eigenvalue weighted by atomic mass is 10.1. The molecule has 0 bridgehead atoms. The number of nitrogens with zero attached hydrogens (tertiary/aromatic N) is 2. The molecule has 2 aromatic carbocycles. The predicted octanol–water partition coefficient (Wildman–Crippen LogP) is 4.76. The maximum absolute atomic E-state index is 5.49. The summed E-state index contributed by atoms with van der Waals surface area (Å²) >= 11 is 5.49. The summed E-state index contributed by atoms with van der Waals surface area (Å²) in [4.78, 5) is 6.73. The van der Waals surface area contributed by atoms with E-state index in [-0.39, 0.29) is 0 Å². The van der Waals surface area contributed by atoms with Gasteiger partial charge in [-0.25, -0.2) is 4.98 Å². The zero-order valence-electron chi connectivity index (χ0n) is 13.4. The van der Waals surface area contributed by atoms with E-state index in [1.165, 1.54) is 0 Å². The fourth-order valence-corrected chi connectivity index (χ4v) is 2.87. The minimum atomic E-state index is 0.648. The number of aromatic nitrogens is 1. The number of para-hydroxylation sites is 1. The highest BCUT2D eigenvalue weighted by Gasteiger charge is 2.07. The number of benzene rings is 2. The maximum Gasteiger partial charge on any atom is 0.173 e. The Morgan fingerprint density at radius 2 is 1.71 bits per heavy atom. The Morgan fingerprint density at radius 1 is 1.00 bits per heavy atom. The molecule has 0 unspecified atom stereocenters. The number of fused-ring (bicyclic) bond motifs is 2. The highest BCUT2D eigenvalue weighted by molar-refractivity contribution is 7.80. The van der Waals surface area contributed by atoms with E-state index in [9.17, 15) is 0 Å². The molecule has 1 aromatic heterocycles. The van der Waals surface area contributed by atoms with E-state index in [1.807, 2.05) is 47.4 Å². The van der Waals surface area contributed by atoms with Gasteiger partial charge in [0.15, 0.2) is 5.11 Å². The Labute approximate surface area is 147 Å². The summed E-state index contributed by atoms with van der Waals surface area (Å²) in [7, 11) is 0. The van der Waals surface area contributed by atoms with Crippen LogP contribution in [0.4, 0.5) is 5.69 Å². The first kappa shape index (κ1) is 16.1. The number of rotatable bonds is 5. The highest BCUT2D eigenvalue weighted by atomic mass is 32.1. The first-order chi connectivity index (χ1) is 11.7. The molecule has 4 heteroatoms. The first-order valence-corrected chi connectivity index (χ1v) is 8.19. The van der Waals surface area contributed by atoms with Crippen LogP contribution in [0.1, 0.15) is 0 Å². The van der Waals surface area contributed by atoms with Crippen molar-refractivity contribution in [3.8, 4) is 0 Å². The Kier molecular flexibility index (Phi) is 4.87. The molecule has 0 spiro atoms. The summed E-state index contributed by atoms with van der Waals surface area (Å²) in [5.41, 5.74) is 2.86. The van der Waals surface area contributed by atoms with Gasteiger partial charge >= 0.3 is 0 Å². The third-order valence-electron chi connectivity index (χ3n) is 3.76. The van der Waals surface area contributed by atoms with Gasteiger partial charge in [0, 0.05) is 29.5 Å². The topological polar surface area (TPSA) is 28.2 Å². The van der Waals surface area contributed by atoms with Crippen molar-refractivity contribution in [1.82, 2.24) is 9.88 Å². The Bertz CT molecular complexity index is 907. The van der Waals surface area contributed by atoms with Gasteiger partial charge in [0.2, 0.25) is 0 Å². The molecule has 1 heterocycles. The number of thiocarbonyl (C=S) groups is 1. The minimum Gasteiger partial charge on any atom is -0.342 e. The molecule has 24 heavy (non-hydrogen) atoms. The molecule has 1 N–H and O–H groups in total. The summed E-state index contributed by atoms with van der Waals surface area (Å²) in [6, 6.07) is 16.4. The van der Waals surface area contributed by atoms with Gasteiger partial charge in [-0.15, -0.1) is 13.2 Å². The van der Waals surface area contributed by atoms with Crippen LogP contribution in [0, 0.1) is 0 Å². The van der Waals surface area contributed by atoms with Gasteiger partial charge in [0.25, 0.3) is 0 Å². The number of hydrogen-bond acceptors (Lipinski definition) is 2. The standard InChI is InChI=1S/C20H19N3S/c1-3-11-23(12-4-2)20(24)21-17-10-9-16-13-15-7-5-6-8-18(15)22-19(16)14-17/h3-10,13-14H,1-2,11-12H2,(H,21,24). The van der Waals surface area contributed by atoms with Crippen LogP contribution in [0.25, 0.3) is 21.8 Å². The average molecular weight is 333 g/mol. The second-order valence-corrected chi connectivity index (χ2v) is 5.89. The lowest BCUT2D eigenvalue weighted by molar-refractivity contribution is 0.522. The van der Waals surface area contributed by atoms with Crippen molar-refractivity contribution in [1.29, 1.82) is 0 Å². The number of hydrogen-bond donors (Lipinski definition) is 1. The second-order valence-electron chi connectivity index (χ2n) is 5.50. The Morgan fingerprint density at radius 3 is 2.46 bits per heavy atom. The van der Waals surface area contributed by atoms with Crippen LogP contribution in [-0.2, 0) is 0 Å². The molecule has 0 atom stereocenters. The first-order valence-electron chi connectivity index (χ1n) is 7.78. The van der Waals surface area contributed by atoms with E-state index in [1.54, 1.807) is 0 Å². The quantitative estimate of drug-likeness (QED) is 0.414. The molecule has 0 aliphatic rings. The average Bonchev–Trinajstić information content (AvgIpc) is 2.59. The molecular weight excluding hydrogens is 314 g/mol. The van der Waals surface area contributed by atoms with Gasteiger partial charge in [0.1, 0.15) is 0 Å². The van der Waals surface area contributed by atoms with Gasteiger partial charge < -0.3 is 10.2 Å². The van der Waals surface area contributed by atoms with Crippen molar-refractivity contribution in [3.63, 3.8) is 0 Å². The summed E-state index contributed by atoms with van der Waals surface area (Å²) in [6.07, 6.45) is 3.65. The van der Waals surface area contributed by atoms with Gasteiger partial charge in [-0.1, -0.05) is 36.4 Å². The third kappa shape index (κ3) is 3.44. The van der Waals surface area contributed by atoms with Crippen molar-refractivity contribution < 1.29 is 0 Å². The Hall–Kier alpha value is -2.72. The van der Waals surface area contributed by atoms with E-state index < -0.39 is 0 Å². The van der Waals surface area contributed by atoms with E-state index >= 15 is 0 Å². The van der Waals surface area contributed by atoms with Crippen LogP contribution in [0.5, 0.6) is 0 Å². The summed E-state index contributed by atoms with van der Waals surface area (Å²) in [5, 5.41) is 6.18. The van der Waals surface area contributed by atoms with Crippen molar-refractivity contribution in [2.24, 2.45) is 0 Å². The van der Waals surface area contributed by atoms with Crippen LogP contribution in [-0.4, -0.2) is 28.1 Å². The summed E-state index contributed by atoms with van der Waals surface area (Å²) < 4.78 is 0. The van der Waals surface area contributed by atoms with Crippen LogP contribution in [0.15, 0.2) is 73.8 Å². The number of pyridine rings is 1. The molecule has 0 radical (unpaired) electrons. The SMILES string of the molecule is C=CCN(CC=C)C(=S)Nc1ccc2cc3ccccc3nc2c1. The van der Waals surface area contributed by atoms with Gasteiger partial charge in [-0.05, 0) is 36.5 Å². The molecule has 0 aliphatic heterocycles. The molecule has 120 valence electrons. The van der Waals surface area contributed by atoms with E-state index in [4.69, 9.17) is 17.2 Å². The lowest BCUT2D eigenvalue weighted by Crippen LogP contribution is -2.34. The number of nitrogens with one attached hydrogen (secondary N) is 1. The summed E-state index contributed by atoms with van der Waals surface area (Å²) in [5.74, 6) is 0. The summed E-state index contributed by atoms with van der Waals surface area (Å²) in [6.45, 7) is 8.89. The van der Waals surface area contributed by atoms with Crippen molar-refractivity contribution in [2.45, 2.75) is 0 Å². The smallest absolute Gasteiger partial charge is 0.173 e. The van der Waals surface area contributed by atoms with Crippen LogP contribution in [0.2, 0.25) is 0 Å². The van der Waals surface area contributed by atoms with Crippen LogP contribution >= 0.6 is 12.2 Å². The lowest BCUT2D eigenvalue weighted by Gasteiger charge is -2.23. The van der Waals surface area contributed by atoms with Crippen molar-refractivity contribution >= 4 is 44.8 Å². The zero-order valence-corrected chi connectivity index (χ0v) is 14.2. The second kappa shape index (κ2) is 7.23. The predicted molar refractivity (Wildman–Crippen MR) is 107 cm³/mol. The Balaban J connectivity index is 1.89. The molecule has 0 saturated heterocycles. The molecule has 0 saturated carbocycles. The van der Waals surface area contributed by atoms with Gasteiger partial charge in [0.05, 0.1) is 11.0 Å². The van der Waals surface area contributed by atoms with Crippen molar-refractivity contribution in [2.75, 3.05) is 18.4 Å². The molecule has 3 rings (SSSR count). The fourth-order valence-electron chi connectivity index (χ4n) is 2.60. The molecular formula is C20H19N3S. The molecule has 3 aromatic rings. The molecule has 0 fully saturated rings. The van der Waals surface area contributed by atoms with E-state index in [0.717, 1.165) is 27.5 Å². The van der Waals surface area contributed by atoms with Crippen molar-refractivity contribution in [3.05, 3.63) is 73.8 Å².